The van der Waals surface area contributed by atoms with Crippen molar-refractivity contribution in [3.05, 3.63) is 29.1 Å². The summed E-state index contributed by atoms with van der Waals surface area (Å²) in [6, 6.07) is 0.508. The summed E-state index contributed by atoms with van der Waals surface area (Å²) in [5.74, 6) is -5.56. The molecule has 1 aromatic rings. The third-order valence-electron chi connectivity index (χ3n) is 3.57. The monoisotopic (exact) mass is 341 g/mol. The lowest BCUT2D eigenvalue weighted by Gasteiger charge is -2.29. The highest BCUT2D eigenvalue weighted by atomic mass is 19.4. The lowest BCUT2D eigenvalue weighted by molar-refractivity contribution is -0.142. The van der Waals surface area contributed by atoms with Crippen molar-refractivity contribution in [3.63, 3.8) is 0 Å². The maximum absolute atomic E-state index is 14.3. The van der Waals surface area contributed by atoms with Gasteiger partial charge in [0.1, 0.15) is 5.56 Å². The predicted molar refractivity (Wildman–Crippen MR) is 77.9 cm³/mol. The fraction of sp³-hybridized carbons (Fsp3) is 0.625. The van der Waals surface area contributed by atoms with E-state index in [0.29, 0.717) is 12.5 Å². The van der Waals surface area contributed by atoms with Gasteiger partial charge in [-0.25, -0.2) is 13.2 Å². The number of alkyl halides is 3. The minimum absolute atomic E-state index is 0.0911. The number of rotatable bonds is 7. The highest BCUT2D eigenvalue weighted by Gasteiger charge is 2.41. The SMILES string of the molecule is CCCC(C)CN(CCC)c1cc(F)c(F)c(C(F)(F)F)c1F. The molecule has 1 rings (SSSR count). The van der Waals surface area contributed by atoms with Crippen molar-refractivity contribution < 1.29 is 26.3 Å². The summed E-state index contributed by atoms with van der Waals surface area (Å²) in [5, 5.41) is 0. The number of benzene rings is 1. The molecule has 0 amide bonds. The van der Waals surface area contributed by atoms with Crippen molar-refractivity contribution in [2.24, 2.45) is 5.92 Å². The zero-order chi connectivity index (χ0) is 17.8. The Morgan fingerprint density at radius 2 is 1.65 bits per heavy atom. The molecule has 0 N–H and O–H groups in total. The third-order valence-corrected chi connectivity index (χ3v) is 3.57. The van der Waals surface area contributed by atoms with Gasteiger partial charge in [0.15, 0.2) is 17.5 Å². The number of halogens is 6. The summed E-state index contributed by atoms with van der Waals surface area (Å²) in [4.78, 5) is 1.35. The second-order valence-electron chi connectivity index (χ2n) is 5.72. The van der Waals surface area contributed by atoms with Crippen molar-refractivity contribution in [2.45, 2.75) is 46.2 Å². The van der Waals surface area contributed by atoms with Crippen molar-refractivity contribution in [2.75, 3.05) is 18.0 Å². The van der Waals surface area contributed by atoms with Crippen LogP contribution in [0.3, 0.4) is 0 Å². The topological polar surface area (TPSA) is 3.24 Å². The van der Waals surface area contributed by atoms with Crippen LogP contribution in [0.25, 0.3) is 0 Å². The van der Waals surface area contributed by atoms with E-state index in [1.807, 2.05) is 13.8 Å². The van der Waals surface area contributed by atoms with Crippen LogP contribution in [-0.4, -0.2) is 13.1 Å². The molecule has 23 heavy (non-hydrogen) atoms. The molecule has 0 saturated heterocycles. The van der Waals surface area contributed by atoms with Gasteiger partial charge in [-0.2, -0.15) is 13.2 Å². The van der Waals surface area contributed by atoms with Gasteiger partial charge >= 0.3 is 6.18 Å². The van der Waals surface area contributed by atoms with Crippen molar-refractivity contribution in [1.82, 2.24) is 0 Å². The minimum atomic E-state index is -5.29. The Morgan fingerprint density at radius 3 is 2.13 bits per heavy atom. The van der Waals surface area contributed by atoms with Gasteiger partial charge in [-0.3, -0.25) is 0 Å². The predicted octanol–water partition coefficient (Wildman–Crippen LogP) is 5.78. The Bertz CT molecular complexity index is 526. The fourth-order valence-corrected chi connectivity index (χ4v) is 2.61. The second kappa shape index (κ2) is 7.93. The molecule has 0 spiro atoms. The van der Waals surface area contributed by atoms with E-state index >= 15 is 0 Å². The summed E-state index contributed by atoms with van der Waals surface area (Å²) in [7, 11) is 0. The first-order chi connectivity index (χ1) is 10.6. The molecule has 1 aromatic carbocycles. The smallest absolute Gasteiger partial charge is 0.369 e. The number of hydrogen-bond donors (Lipinski definition) is 0. The lowest BCUT2D eigenvalue weighted by Crippen LogP contribution is -2.31. The molecule has 0 aliphatic carbocycles. The molecule has 0 aliphatic rings. The molecule has 0 saturated carbocycles. The Balaban J connectivity index is 3.34. The Hall–Kier alpha value is -1.40. The minimum Gasteiger partial charge on any atom is -0.369 e. The number of hydrogen-bond acceptors (Lipinski definition) is 1. The number of anilines is 1. The molecular formula is C16H21F6N. The molecule has 1 unspecified atom stereocenters. The first-order valence-corrected chi connectivity index (χ1v) is 7.63. The van der Waals surface area contributed by atoms with E-state index in [2.05, 4.69) is 0 Å². The average molecular weight is 341 g/mol. The van der Waals surface area contributed by atoms with Crippen LogP contribution in [-0.2, 0) is 6.18 Å². The lowest BCUT2D eigenvalue weighted by atomic mass is 10.0. The maximum Gasteiger partial charge on any atom is 0.422 e. The Labute approximate surface area is 132 Å². The zero-order valence-electron chi connectivity index (χ0n) is 13.4. The highest BCUT2D eigenvalue weighted by molar-refractivity contribution is 5.52. The van der Waals surface area contributed by atoms with Gasteiger partial charge in [0, 0.05) is 19.2 Å². The van der Waals surface area contributed by atoms with E-state index in [0.717, 1.165) is 12.8 Å². The van der Waals surface area contributed by atoms with Crippen molar-refractivity contribution in [3.8, 4) is 0 Å². The van der Waals surface area contributed by atoms with Gasteiger partial charge in [0.25, 0.3) is 0 Å². The van der Waals surface area contributed by atoms with E-state index in [-0.39, 0.29) is 19.0 Å². The first-order valence-electron chi connectivity index (χ1n) is 7.63. The summed E-state index contributed by atoms with van der Waals surface area (Å²) >= 11 is 0. The molecule has 0 heterocycles. The van der Waals surface area contributed by atoms with Crippen LogP contribution in [0.2, 0.25) is 0 Å². The molecule has 0 fully saturated rings. The summed E-state index contributed by atoms with van der Waals surface area (Å²) in [6.07, 6.45) is -3.08. The highest BCUT2D eigenvalue weighted by Crippen LogP contribution is 2.38. The molecule has 1 atom stereocenters. The van der Waals surface area contributed by atoms with E-state index in [1.54, 1.807) is 6.92 Å². The quantitative estimate of drug-likeness (QED) is 0.449. The van der Waals surface area contributed by atoms with Gasteiger partial charge in [-0.1, -0.05) is 27.2 Å². The van der Waals surface area contributed by atoms with Crippen LogP contribution in [0.4, 0.5) is 32.0 Å². The van der Waals surface area contributed by atoms with Crippen LogP contribution >= 0.6 is 0 Å². The molecule has 7 heteroatoms. The molecule has 0 bridgehead atoms. The Morgan fingerprint density at radius 1 is 1.04 bits per heavy atom. The summed E-state index contributed by atoms with van der Waals surface area (Å²) in [6.45, 7) is 6.16. The van der Waals surface area contributed by atoms with Gasteiger partial charge in [-0.15, -0.1) is 0 Å². The molecule has 0 aromatic heterocycles. The molecule has 1 nitrogen and oxygen atoms in total. The van der Waals surface area contributed by atoms with E-state index in [1.165, 1.54) is 4.90 Å². The van der Waals surface area contributed by atoms with Crippen molar-refractivity contribution >= 4 is 5.69 Å². The average Bonchev–Trinajstić information content (AvgIpc) is 2.41. The largest absolute Gasteiger partial charge is 0.422 e. The molecule has 0 aliphatic heterocycles. The Kier molecular flexibility index (Phi) is 6.77. The molecular weight excluding hydrogens is 320 g/mol. The van der Waals surface area contributed by atoms with Crippen LogP contribution in [0, 0.1) is 23.4 Å². The standard InChI is InChI=1S/C16H21F6N/c1-4-6-10(3)9-23(7-5-2)12-8-11(17)14(18)13(15(12)19)16(20,21)22/h8,10H,4-7,9H2,1-3H3. The van der Waals surface area contributed by atoms with Crippen molar-refractivity contribution in [1.29, 1.82) is 0 Å². The first kappa shape index (κ1) is 19.6. The van der Waals surface area contributed by atoms with Gasteiger partial charge in [0.2, 0.25) is 0 Å². The number of nitrogens with zero attached hydrogens (tertiary/aromatic N) is 1. The van der Waals surface area contributed by atoms with E-state index in [4.69, 9.17) is 0 Å². The van der Waals surface area contributed by atoms with Crippen LogP contribution in [0.5, 0.6) is 0 Å². The van der Waals surface area contributed by atoms with Gasteiger partial charge in [0.05, 0.1) is 5.69 Å². The molecule has 132 valence electrons. The second-order valence-corrected chi connectivity index (χ2v) is 5.72. The normalized spacial score (nSPS) is 13.3. The van der Waals surface area contributed by atoms with E-state index < -0.39 is 34.9 Å². The third kappa shape index (κ3) is 4.78. The summed E-state index contributed by atoms with van der Waals surface area (Å²) < 4.78 is 79.7. The van der Waals surface area contributed by atoms with Crippen LogP contribution < -0.4 is 4.90 Å². The maximum atomic E-state index is 14.3. The summed E-state index contributed by atoms with van der Waals surface area (Å²) in [5.41, 5.74) is -2.71. The zero-order valence-corrected chi connectivity index (χ0v) is 13.4. The van der Waals surface area contributed by atoms with E-state index in [9.17, 15) is 26.3 Å². The van der Waals surface area contributed by atoms with Crippen LogP contribution in [0.15, 0.2) is 6.07 Å². The van der Waals surface area contributed by atoms with Gasteiger partial charge in [-0.05, 0) is 18.8 Å². The fourth-order valence-electron chi connectivity index (χ4n) is 2.61. The molecule has 0 radical (unpaired) electrons. The van der Waals surface area contributed by atoms with Gasteiger partial charge < -0.3 is 4.90 Å². The van der Waals surface area contributed by atoms with Crippen LogP contribution in [0.1, 0.15) is 45.6 Å².